The van der Waals surface area contributed by atoms with Crippen LogP contribution in [0.25, 0.3) is 5.57 Å². The maximum Gasteiger partial charge on any atom is 0.228 e. The lowest BCUT2D eigenvalue weighted by molar-refractivity contribution is -0.145. The number of hydrogen-bond acceptors (Lipinski definition) is 3. The van der Waals surface area contributed by atoms with Crippen LogP contribution in [0.1, 0.15) is 73.3 Å². The molecule has 194 valence electrons. The third-order valence-electron chi connectivity index (χ3n) is 7.64. The summed E-state index contributed by atoms with van der Waals surface area (Å²) in [7, 11) is 0. The Hall–Kier alpha value is -2.69. The van der Waals surface area contributed by atoms with Crippen LogP contribution in [0, 0.1) is 17.2 Å². The number of halogens is 1. The highest BCUT2D eigenvalue weighted by atomic mass is 19.1. The molecule has 1 aromatic rings. The van der Waals surface area contributed by atoms with Crippen molar-refractivity contribution in [1.82, 2.24) is 9.80 Å². The van der Waals surface area contributed by atoms with Gasteiger partial charge in [-0.2, -0.15) is 0 Å². The summed E-state index contributed by atoms with van der Waals surface area (Å²) in [6, 6.07) is 7.23. The zero-order valence-corrected chi connectivity index (χ0v) is 23.1. The van der Waals surface area contributed by atoms with Gasteiger partial charge in [0.15, 0.2) is 0 Å². The predicted molar refractivity (Wildman–Crippen MR) is 147 cm³/mol. The van der Waals surface area contributed by atoms with Gasteiger partial charge in [0.1, 0.15) is 5.82 Å². The second kappa shape index (κ2) is 10.4. The molecule has 0 radical (unpaired) electrons. The number of allylic oxidation sites excluding steroid dienone is 6. The average Bonchev–Trinajstić information content (AvgIpc) is 3.66. The molecule has 1 saturated heterocycles. The van der Waals surface area contributed by atoms with Crippen molar-refractivity contribution in [3.8, 4) is 0 Å². The molecule has 1 aliphatic heterocycles. The van der Waals surface area contributed by atoms with E-state index in [1.807, 2.05) is 26.8 Å². The molecule has 5 heteroatoms. The summed E-state index contributed by atoms with van der Waals surface area (Å²) in [6.45, 7) is 16.9. The Morgan fingerprint density at radius 1 is 1.08 bits per heavy atom. The first-order valence-corrected chi connectivity index (χ1v) is 13.5. The summed E-state index contributed by atoms with van der Waals surface area (Å²) in [5.41, 5.74) is 6.60. The van der Waals surface area contributed by atoms with Gasteiger partial charge in [0, 0.05) is 60.5 Å². The number of benzene rings is 1. The second-order valence-electron chi connectivity index (χ2n) is 11.7. The number of carbonyl (C=O) groups excluding carboxylic acids is 1. The first kappa shape index (κ1) is 26.4. The number of piperazine rings is 1. The molecule has 0 bridgehead atoms. The van der Waals surface area contributed by atoms with Crippen LogP contribution in [0.15, 0.2) is 58.3 Å². The fourth-order valence-electron chi connectivity index (χ4n) is 5.58. The lowest BCUT2D eigenvalue weighted by Crippen LogP contribution is -2.59. The molecule has 36 heavy (non-hydrogen) atoms. The van der Waals surface area contributed by atoms with E-state index < -0.39 is 0 Å². The molecule has 4 rings (SSSR count). The van der Waals surface area contributed by atoms with E-state index >= 15 is 0 Å². The number of nitrogens with zero attached hydrogens (tertiary/aromatic N) is 3. The van der Waals surface area contributed by atoms with E-state index in [4.69, 9.17) is 4.99 Å². The van der Waals surface area contributed by atoms with Crippen molar-refractivity contribution >= 4 is 17.2 Å². The van der Waals surface area contributed by atoms with Gasteiger partial charge in [-0.1, -0.05) is 45.1 Å². The minimum Gasteiger partial charge on any atom is -0.368 e. The van der Waals surface area contributed by atoms with Crippen LogP contribution < -0.4 is 0 Å². The van der Waals surface area contributed by atoms with Crippen molar-refractivity contribution in [2.24, 2.45) is 16.3 Å². The fourth-order valence-corrected chi connectivity index (χ4v) is 5.58. The molecule has 0 spiro atoms. The zero-order valence-electron chi connectivity index (χ0n) is 23.1. The van der Waals surface area contributed by atoms with Gasteiger partial charge in [-0.15, -0.1) is 0 Å². The van der Waals surface area contributed by atoms with Gasteiger partial charge in [0.25, 0.3) is 0 Å². The van der Waals surface area contributed by atoms with Crippen molar-refractivity contribution in [2.75, 3.05) is 19.6 Å². The summed E-state index contributed by atoms with van der Waals surface area (Å²) in [5.74, 6) is 0.559. The van der Waals surface area contributed by atoms with Crippen LogP contribution in [-0.2, 0) is 4.79 Å². The Balaban J connectivity index is 1.72. The Morgan fingerprint density at radius 2 is 1.75 bits per heavy atom. The Labute approximate surface area is 216 Å². The molecule has 1 saturated carbocycles. The highest BCUT2D eigenvalue weighted by Gasteiger charge is 2.39. The topological polar surface area (TPSA) is 35.9 Å². The van der Waals surface area contributed by atoms with Crippen LogP contribution in [0.3, 0.4) is 0 Å². The highest BCUT2D eigenvalue weighted by molar-refractivity contribution is 6.10. The Kier molecular flexibility index (Phi) is 7.59. The molecule has 0 N–H and O–H groups in total. The first-order chi connectivity index (χ1) is 17.0. The number of carbonyl (C=O) groups is 1. The highest BCUT2D eigenvalue weighted by Crippen LogP contribution is 2.44. The molecule has 4 nitrogen and oxygen atoms in total. The first-order valence-electron chi connectivity index (χ1n) is 13.5. The molecule has 1 amide bonds. The van der Waals surface area contributed by atoms with E-state index in [-0.39, 0.29) is 29.2 Å². The van der Waals surface area contributed by atoms with Crippen molar-refractivity contribution in [3.05, 3.63) is 64.6 Å². The van der Waals surface area contributed by atoms with Crippen LogP contribution in [-0.4, -0.2) is 53.1 Å². The fraction of sp³-hybridized carbons (Fsp3) is 0.548. The van der Waals surface area contributed by atoms with Crippen molar-refractivity contribution in [3.63, 3.8) is 0 Å². The molecular weight excluding hydrogens is 449 g/mol. The van der Waals surface area contributed by atoms with Crippen LogP contribution in [0.5, 0.6) is 0 Å². The van der Waals surface area contributed by atoms with Gasteiger partial charge in [0.05, 0.1) is 0 Å². The summed E-state index contributed by atoms with van der Waals surface area (Å²) in [4.78, 5) is 22.7. The minimum absolute atomic E-state index is 0.134. The number of hydrogen-bond donors (Lipinski definition) is 0. The molecule has 2 atom stereocenters. The molecule has 1 aromatic carbocycles. The number of rotatable bonds is 4. The van der Waals surface area contributed by atoms with Gasteiger partial charge in [-0.3, -0.25) is 9.79 Å². The average molecular weight is 492 g/mol. The van der Waals surface area contributed by atoms with Gasteiger partial charge >= 0.3 is 0 Å². The molecular formula is C31H42FN3O. The van der Waals surface area contributed by atoms with E-state index in [1.54, 1.807) is 12.1 Å². The Morgan fingerprint density at radius 3 is 2.36 bits per heavy atom. The number of amides is 1. The van der Waals surface area contributed by atoms with Crippen LogP contribution in [0.2, 0.25) is 0 Å². The summed E-state index contributed by atoms with van der Waals surface area (Å²) in [6.07, 6.45) is 7.53. The minimum atomic E-state index is -0.382. The lowest BCUT2D eigenvalue weighted by atomic mass is 9.90. The third kappa shape index (κ3) is 5.50. The molecule has 1 unspecified atom stereocenters. The standard InChI is InChI=1S/C31H42FN3O/c1-8-33-28-17-25(24-10-9-11-26(32)16-24)14-15-27(23-12-13-23)29(28)22(4)34-18-21(3)35(19-20(34)2)30(36)31(5,6)7/h9-11,14-16,20-21,23H,8,12-13,17-19H2,1-7H3/b29-22+,33-28?/t20?,21-/m1/s1. The van der Waals surface area contributed by atoms with E-state index in [1.165, 1.54) is 35.8 Å². The van der Waals surface area contributed by atoms with Gasteiger partial charge in [-0.05, 0) is 75.3 Å². The van der Waals surface area contributed by atoms with Gasteiger partial charge < -0.3 is 9.80 Å². The maximum atomic E-state index is 14.1. The van der Waals surface area contributed by atoms with Crippen LogP contribution in [0.4, 0.5) is 4.39 Å². The van der Waals surface area contributed by atoms with Crippen molar-refractivity contribution in [1.29, 1.82) is 0 Å². The second-order valence-corrected chi connectivity index (χ2v) is 11.7. The Bertz CT molecular complexity index is 1130. The van der Waals surface area contributed by atoms with E-state index in [2.05, 4.69) is 49.6 Å². The quantitative estimate of drug-likeness (QED) is 0.473. The molecule has 3 aliphatic rings. The lowest BCUT2D eigenvalue weighted by Gasteiger charge is -2.48. The molecule has 0 aromatic heterocycles. The largest absolute Gasteiger partial charge is 0.368 e. The summed E-state index contributed by atoms with van der Waals surface area (Å²) < 4.78 is 14.1. The van der Waals surface area contributed by atoms with Crippen molar-refractivity contribution < 1.29 is 9.18 Å². The molecule has 1 heterocycles. The van der Waals surface area contributed by atoms with Gasteiger partial charge in [-0.25, -0.2) is 4.39 Å². The van der Waals surface area contributed by atoms with E-state index in [0.717, 1.165) is 29.9 Å². The maximum absolute atomic E-state index is 14.1. The van der Waals surface area contributed by atoms with E-state index in [0.29, 0.717) is 18.9 Å². The van der Waals surface area contributed by atoms with Gasteiger partial charge in [0.2, 0.25) is 5.91 Å². The van der Waals surface area contributed by atoms with Crippen molar-refractivity contribution in [2.45, 2.75) is 79.8 Å². The smallest absolute Gasteiger partial charge is 0.228 e. The normalized spacial score (nSPS) is 25.9. The monoisotopic (exact) mass is 491 g/mol. The number of aliphatic imine (C=N–C) groups is 1. The molecule has 2 aliphatic carbocycles. The summed E-state index contributed by atoms with van der Waals surface area (Å²) >= 11 is 0. The molecule has 2 fully saturated rings. The third-order valence-corrected chi connectivity index (χ3v) is 7.64. The van der Waals surface area contributed by atoms with Crippen LogP contribution >= 0.6 is 0 Å². The zero-order chi connectivity index (χ0) is 26.2. The predicted octanol–water partition coefficient (Wildman–Crippen LogP) is 6.65. The SMILES string of the molecule is CCN=C1CC(c2cccc(F)c2)=CC=C(C2CC2)/C1=C(/C)N1C[C@@H](C)N(C(=O)C(C)(C)C)CC1C. The van der Waals surface area contributed by atoms with E-state index in [9.17, 15) is 9.18 Å². The summed E-state index contributed by atoms with van der Waals surface area (Å²) in [5, 5.41) is 0.